The van der Waals surface area contributed by atoms with Crippen molar-refractivity contribution < 1.29 is 0 Å². The molecule has 0 radical (unpaired) electrons. The van der Waals surface area contributed by atoms with Crippen molar-refractivity contribution in [1.82, 2.24) is 14.6 Å². The van der Waals surface area contributed by atoms with Gasteiger partial charge in [-0.25, -0.2) is 9.50 Å². The predicted molar refractivity (Wildman–Crippen MR) is 108 cm³/mol. The van der Waals surface area contributed by atoms with Crippen molar-refractivity contribution in [3.05, 3.63) is 76.5 Å². The largest absolute Gasteiger partial charge is 0.228 e. The first-order chi connectivity index (χ1) is 12.8. The third-order valence-electron chi connectivity index (χ3n) is 5.14. The predicted octanol–water partition coefficient (Wildman–Crippen LogP) is 5.70. The van der Waals surface area contributed by atoms with Gasteiger partial charge in [0.05, 0.1) is 11.9 Å². The zero-order valence-electron chi connectivity index (χ0n) is 14.3. The smallest absolute Gasteiger partial charge is 0.163 e. The molecule has 1 aliphatic rings. The van der Waals surface area contributed by atoms with Gasteiger partial charge in [-0.2, -0.15) is 5.10 Å². The lowest BCUT2D eigenvalue weighted by Gasteiger charge is -2.20. The summed E-state index contributed by atoms with van der Waals surface area (Å²) in [6.45, 7) is 0. The van der Waals surface area contributed by atoms with Crippen LogP contribution in [-0.2, 0) is 12.8 Å². The van der Waals surface area contributed by atoms with E-state index in [0.29, 0.717) is 0 Å². The topological polar surface area (TPSA) is 30.2 Å². The van der Waals surface area contributed by atoms with E-state index < -0.39 is 0 Å². The maximum Gasteiger partial charge on any atom is 0.163 e. The van der Waals surface area contributed by atoms with Gasteiger partial charge in [0.15, 0.2) is 5.65 Å². The van der Waals surface area contributed by atoms with Crippen LogP contribution in [0, 0.1) is 0 Å². The molecule has 0 bridgehead atoms. The van der Waals surface area contributed by atoms with Crippen LogP contribution >= 0.6 is 15.9 Å². The molecule has 0 fully saturated rings. The van der Waals surface area contributed by atoms with E-state index in [0.717, 1.165) is 39.8 Å². The molecular weight excluding hydrogens is 386 g/mol. The summed E-state index contributed by atoms with van der Waals surface area (Å²) in [5.74, 6) is 0. The van der Waals surface area contributed by atoms with Gasteiger partial charge in [0.25, 0.3) is 0 Å². The first-order valence-electron chi connectivity index (χ1n) is 9.02. The number of benzene rings is 2. The molecule has 0 saturated heterocycles. The number of aryl methyl sites for hydroxylation is 1. The Morgan fingerprint density at radius 3 is 2.42 bits per heavy atom. The molecule has 2 aromatic carbocycles. The highest BCUT2D eigenvalue weighted by Gasteiger charge is 2.22. The molecule has 0 saturated carbocycles. The highest BCUT2D eigenvalue weighted by Crippen LogP contribution is 2.34. The zero-order chi connectivity index (χ0) is 17.5. The Morgan fingerprint density at radius 2 is 1.62 bits per heavy atom. The number of halogens is 1. The van der Waals surface area contributed by atoms with E-state index in [2.05, 4.69) is 69.0 Å². The lowest BCUT2D eigenvalue weighted by atomic mass is 9.92. The third-order valence-corrected chi connectivity index (χ3v) is 5.67. The van der Waals surface area contributed by atoms with E-state index in [4.69, 9.17) is 10.1 Å². The van der Waals surface area contributed by atoms with Crippen LogP contribution in [0.5, 0.6) is 0 Å². The second-order valence-corrected chi connectivity index (χ2v) is 7.68. The Bertz CT molecular complexity index is 1080. The molecular formula is C22H18BrN3. The summed E-state index contributed by atoms with van der Waals surface area (Å²) in [7, 11) is 0. The number of aromatic nitrogens is 3. The Hall–Kier alpha value is -2.46. The number of nitrogens with zero attached hydrogens (tertiary/aromatic N) is 3. The molecule has 0 atom stereocenters. The van der Waals surface area contributed by atoms with Gasteiger partial charge in [-0.1, -0.05) is 58.4 Å². The molecule has 3 nitrogen and oxygen atoms in total. The standard InChI is InChI=1S/C22H18BrN3/c23-17-12-10-16(11-13-17)21-18-8-4-5-9-20(18)26-22(25-21)19(14-24-26)15-6-2-1-3-7-15/h1-3,6-7,10-14H,4-5,8-9H2. The first-order valence-corrected chi connectivity index (χ1v) is 9.81. The zero-order valence-corrected chi connectivity index (χ0v) is 15.9. The van der Waals surface area contributed by atoms with E-state index in [1.165, 1.54) is 29.7 Å². The van der Waals surface area contributed by atoms with Gasteiger partial charge in [-0.3, -0.25) is 0 Å². The van der Waals surface area contributed by atoms with Gasteiger partial charge in [0.2, 0.25) is 0 Å². The Morgan fingerprint density at radius 1 is 0.846 bits per heavy atom. The molecule has 4 aromatic rings. The van der Waals surface area contributed by atoms with Gasteiger partial charge < -0.3 is 0 Å². The molecule has 2 aromatic heterocycles. The van der Waals surface area contributed by atoms with Crippen LogP contribution in [0.1, 0.15) is 24.1 Å². The first kappa shape index (κ1) is 15.8. The second-order valence-electron chi connectivity index (χ2n) is 6.76. The molecule has 1 aliphatic carbocycles. The molecule has 5 rings (SSSR count). The van der Waals surface area contributed by atoms with Crippen LogP contribution in [-0.4, -0.2) is 14.6 Å². The molecule has 0 unspecified atom stereocenters. The monoisotopic (exact) mass is 403 g/mol. The van der Waals surface area contributed by atoms with Crippen LogP contribution < -0.4 is 0 Å². The molecule has 0 spiro atoms. The van der Waals surface area contributed by atoms with Crippen molar-refractivity contribution >= 4 is 21.6 Å². The molecule has 128 valence electrons. The van der Waals surface area contributed by atoms with Crippen molar-refractivity contribution in [2.75, 3.05) is 0 Å². The minimum atomic E-state index is 0.953. The highest BCUT2D eigenvalue weighted by molar-refractivity contribution is 9.10. The second kappa shape index (κ2) is 6.36. The summed E-state index contributed by atoms with van der Waals surface area (Å²) in [6, 6.07) is 18.9. The van der Waals surface area contributed by atoms with Gasteiger partial charge >= 0.3 is 0 Å². The van der Waals surface area contributed by atoms with E-state index in [1.54, 1.807) is 0 Å². The SMILES string of the molecule is Brc1ccc(-c2nc3c(-c4ccccc4)cnn3c3c2CCCC3)cc1. The number of fused-ring (bicyclic) bond motifs is 3. The van der Waals surface area contributed by atoms with Crippen molar-refractivity contribution in [2.24, 2.45) is 0 Å². The molecule has 0 aliphatic heterocycles. The maximum absolute atomic E-state index is 5.11. The summed E-state index contributed by atoms with van der Waals surface area (Å²) in [6.07, 6.45) is 6.53. The summed E-state index contributed by atoms with van der Waals surface area (Å²) in [5, 5.41) is 4.70. The highest BCUT2D eigenvalue weighted by atomic mass is 79.9. The number of hydrogen-bond donors (Lipinski definition) is 0. The van der Waals surface area contributed by atoms with Crippen molar-refractivity contribution in [3.63, 3.8) is 0 Å². The average Bonchev–Trinajstić information content (AvgIpc) is 3.13. The fourth-order valence-electron chi connectivity index (χ4n) is 3.87. The molecule has 2 heterocycles. The van der Waals surface area contributed by atoms with Crippen molar-refractivity contribution in [2.45, 2.75) is 25.7 Å². The van der Waals surface area contributed by atoms with E-state index in [1.807, 2.05) is 12.3 Å². The van der Waals surface area contributed by atoms with E-state index >= 15 is 0 Å². The average molecular weight is 404 g/mol. The lowest BCUT2D eigenvalue weighted by Crippen LogP contribution is -2.13. The Labute approximate surface area is 160 Å². The van der Waals surface area contributed by atoms with Gasteiger partial charge in [-0.15, -0.1) is 0 Å². The number of hydrogen-bond acceptors (Lipinski definition) is 2. The molecule has 0 N–H and O–H groups in total. The summed E-state index contributed by atoms with van der Waals surface area (Å²) < 4.78 is 3.16. The van der Waals surface area contributed by atoms with Crippen LogP contribution in [0.4, 0.5) is 0 Å². The van der Waals surface area contributed by atoms with Crippen LogP contribution in [0.2, 0.25) is 0 Å². The van der Waals surface area contributed by atoms with Crippen LogP contribution in [0.25, 0.3) is 28.0 Å². The normalized spacial score (nSPS) is 13.7. The van der Waals surface area contributed by atoms with Gasteiger partial charge in [0.1, 0.15) is 0 Å². The third kappa shape index (κ3) is 2.56. The van der Waals surface area contributed by atoms with Crippen LogP contribution in [0.15, 0.2) is 65.3 Å². The molecule has 0 amide bonds. The van der Waals surface area contributed by atoms with Gasteiger partial charge in [-0.05, 0) is 43.4 Å². The van der Waals surface area contributed by atoms with E-state index in [-0.39, 0.29) is 0 Å². The molecule has 26 heavy (non-hydrogen) atoms. The van der Waals surface area contributed by atoms with E-state index in [9.17, 15) is 0 Å². The van der Waals surface area contributed by atoms with Crippen molar-refractivity contribution in [3.8, 4) is 22.4 Å². The minimum Gasteiger partial charge on any atom is -0.228 e. The Balaban J connectivity index is 1.80. The summed E-state index contributed by atoms with van der Waals surface area (Å²) in [4.78, 5) is 5.11. The fraction of sp³-hybridized carbons (Fsp3) is 0.182. The fourth-order valence-corrected chi connectivity index (χ4v) is 4.13. The van der Waals surface area contributed by atoms with Gasteiger partial charge in [0, 0.05) is 26.9 Å². The lowest BCUT2D eigenvalue weighted by molar-refractivity contribution is 0.642. The summed E-state index contributed by atoms with van der Waals surface area (Å²) in [5.41, 5.74) is 8.17. The quantitative estimate of drug-likeness (QED) is 0.429. The van der Waals surface area contributed by atoms with Crippen LogP contribution in [0.3, 0.4) is 0 Å². The maximum atomic E-state index is 5.11. The van der Waals surface area contributed by atoms with Crippen molar-refractivity contribution in [1.29, 1.82) is 0 Å². The summed E-state index contributed by atoms with van der Waals surface area (Å²) >= 11 is 3.53. The minimum absolute atomic E-state index is 0.953. The number of rotatable bonds is 2. The Kier molecular flexibility index (Phi) is 3.86. The molecule has 4 heteroatoms.